The molecule has 340 valence electrons. The first-order chi connectivity index (χ1) is 36.6. The molecule has 0 aliphatic rings. The lowest BCUT2D eigenvalue weighted by Crippen LogP contribution is -1.93. The number of fused-ring (bicyclic) bond motifs is 20. The number of aromatic nitrogens is 2. The van der Waals surface area contributed by atoms with Gasteiger partial charge in [-0.25, -0.2) is 0 Å². The van der Waals surface area contributed by atoms with Crippen molar-refractivity contribution in [2.24, 2.45) is 0 Å². The van der Waals surface area contributed by atoms with Gasteiger partial charge in [0, 0.05) is 59.5 Å². The first-order valence-electron chi connectivity index (χ1n) is 25.4. The zero-order chi connectivity index (χ0) is 47.9. The van der Waals surface area contributed by atoms with E-state index in [1.807, 2.05) is 0 Å². The molecule has 0 saturated carbocycles. The molecule has 4 heteroatoms. The summed E-state index contributed by atoms with van der Waals surface area (Å²) in [7, 11) is 0. The van der Waals surface area contributed by atoms with Gasteiger partial charge in [0.2, 0.25) is 0 Å². The van der Waals surface area contributed by atoms with Crippen LogP contribution >= 0.6 is 0 Å². The minimum absolute atomic E-state index is 0.902. The molecule has 5 heterocycles. The van der Waals surface area contributed by atoms with Crippen molar-refractivity contribution in [1.82, 2.24) is 8.97 Å². The number of nitrogens with zero attached hydrogens (tertiary/aromatic N) is 2. The number of hydrogen-bond donors (Lipinski definition) is 0. The van der Waals surface area contributed by atoms with Crippen molar-refractivity contribution in [3.63, 3.8) is 0 Å². The van der Waals surface area contributed by atoms with Crippen LogP contribution in [0.25, 0.3) is 175 Å². The van der Waals surface area contributed by atoms with Crippen molar-refractivity contribution in [1.29, 1.82) is 0 Å². The molecule has 0 fully saturated rings. The summed E-state index contributed by atoms with van der Waals surface area (Å²) in [6.07, 6.45) is 0. The van der Waals surface area contributed by atoms with Crippen LogP contribution in [0.2, 0.25) is 0 Å². The largest absolute Gasteiger partial charge is 0.456 e. The molecule has 0 amide bonds. The van der Waals surface area contributed by atoms with Gasteiger partial charge in [0.05, 0.1) is 27.6 Å². The maximum absolute atomic E-state index is 6.43. The molecule has 5 aromatic heterocycles. The van der Waals surface area contributed by atoms with Crippen LogP contribution in [0.4, 0.5) is 0 Å². The molecular formula is C70H38N2O2. The van der Waals surface area contributed by atoms with Crippen molar-refractivity contribution in [2.45, 2.75) is 0 Å². The molecule has 0 saturated heterocycles. The Bertz CT molecular complexity index is 5490. The van der Waals surface area contributed by atoms with Crippen LogP contribution in [0, 0.1) is 0 Å². The van der Waals surface area contributed by atoms with Gasteiger partial charge in [-0.1, -0.05) is 121 Å². The quantitative estimate of drug-likeness (QED) is 0.177. The number of rotatable bonds is 3. The van der Waals surface area contributed by atoms with Gasteiger partial charge < -0.3 is 17.8 Å². The summed E-state index contributed by atoms with van der Waals surface area (Å²) < 4.78 is 17.9. The maximum atomic E-state index is 6.43. The van der Waals surface area contributed by atoms with E-state index in [2.05, 4.69) is 239 Å². The van der Waals surface area contributed by atoms with Crippen molar-refractivity contribution in [3.8, 4) is 27.9 Å². The predicted octanol–water partition coefficient (Wildman–Crippen LogP) is 19.7. The van der Waals surface area contributed by atoms with Crippen LogP contribution in [0.3, 0.4) is 0 Å². The summed E-state index contributed by atoms with van der Waals surface area (Å²) in [5, 5.41) is 21.7. The van der Waals surface area contributed by atoms with Gasteiger partial charge in [-0.15, -0.1) is 0 Å². The van der Waals surface area contributed by atoms with Crippen LogP contribution < -0.4 is 0 Å². The van der Waals surface area contributed by atoms with Crippen molar-refractivity contribution >= 4 is 147 Å². The molecule has 13 aromatic carbocycles. The first kappa shape index (κ1) is 38.8. The zero-order valence-corrected chi connectivity index (χ0v) is 39.7. The van der Waals surface area contributed by atoms with Gasteiger partial charge in [0.25, 0.3) is 0 Å². The molecule has 0 unspecified atom stereocenters. The standard InChI is InChI=1S/C70H38N2O2/c1-2-14-51(15-3-1)71-61-17-9-8-16-52(61)58-38-59-53-28-47-20-18-43(45-22-24-64-54(31-45)56-29-39-10-4-6-12-41(39)36-66(56)73-64)26-49(47)34-62(53)72-63-35-50-27-44(19-21-48(50)33-60(63)68(69(58)71)70(59)72)46-23-25-65-55(32-46)57-30-40-11-5-7-13-42(40)37-67(57)74-65/h1-38H. The van der Waals surface area contributed by atoms with E-state index >= 15 is 0 Å². The fraction of sp³-hybridized carbons (Fsp3) is 0. The highest BCUT2D eigenvalue weighted by molar-refractivity contribution is 6.35. The van der Waals surface area contributed by atoms with Crippen LogP contribution in [0.15, 0.2) is 239 Å². The van der Waals surface area contributed by atoms with Crippen LogP contribution in [-0.4, -0.2) is 8.97 Å². The van der Waals surface area contributed by atoms with Gasteiger partial charge in [-0.05, 0) is 175 Å². The number of para-hydroxylation sites is 2. The van der Waals surface area contributed by atoms with E-state index in [0.717, 1.165) is 55.1 Å². The van der Waals surface area contributed by atoms with Gasteiger partial charge >= 0.3 is 0 Å². The molecule has 0 spiro atoms. The Balaban J connectivity index is 0.890. The van der Waals surface area contributed by atoms with E-state index in [-0.39, 0.29) is 0 Å². The Morgan fingerprint density at radius 2 is 0.703 bits per heavy atom. The lowest BCUT2D eigenvalue weighted by atomic mass is 9.96. The molecular weight excluding hydrogens is 901 g/mol. The molecule has 0 radical (unpaired) electrons. The molecule has 0 N–H and O–H groups in total. The van der Waals surface area contributed by atoms with E-state index in [9.17, 15) is 0 Å². The predicted molar refractivity (Wildman–Crippen MR) is 311 cm³/mol. The highest BCUT2D eigenvalue weighted by Gasteiger charge is 2.26. The molecule has 18 aromatic rings. The monoisotopic (exact) mass is 938 g/mol. The summed E-state index contributed by atoms with van der Waals surface area (Å²) in [5.74, 6) is 0. The molecule has 0 aliphatic heterocycles. The smallest absolute Gasteiger partial charge is 0.136 e. The Kier molecular flexibility index (Phi) is 7.31. The zero-order valence-electron chi connectivity index (χ0n) is 39.7. The normalized spacial score (nSPS) is 12.6. The fourth-order valence-electron chi connectivity index (χ4n) is 13.0. The Morgan fingerprint density at radius 3 is 1.32 bits per heavy atom. The average Bonchev–Trinajstić information content (AvgIpc) is 4.26. The van der Waals surface area contributed by atoms with Gasteiger partial charge in [-0.2, -0.15) is 0 Å². The first-order valence-corrected chi connectivity index (χ1v) is 25.4. The molecule has 4 nitrogen and oxygen atoms in total. The Morgan fingerprint density at radius 1 is 0.243 bits per heavy atom. The summed E-state index contributed by atoms with van der Waals surface area (Å²) in [4.78, 5) is 0. The summed E-state index contributed by atoms with van der Waals surface area (Å²) in [5.41, 5.74) is 15.6. The topological polar surface area (TPSA) is 35.6 Å². The minimum Gasteiger partial charge on any atom is -0.456 e. The molecule has 0 bridgehead atoms. The maximum Gasteiger partial charge on any atom is 0.136 e. The number of benzene rings is 13. The third kappa shape index (κ3) is 5.20. The van der Waals surface area contributed by atoms with Crippen molar-refractivity contribution in [2.75, 3.05) is 0 Å². The SMILES string of the molecule is c1ccc(-n2c3ccccc3c3cc4c5cc6ccc(-c7ccc8oc9cc%10ccccc%10cc9c8c7)cc6cc5n5c6cc7cc(-c8ccc9oc%10cc%11ccccc%11cc%10c9c8)ccc7cc6c(c32)c45)cc1. The second-order valence-electron chi connectivity index (χ2n) is 20.4. The van der Waals surface area contributed by atoms with Gasteiger partial charge in [-0.3, -0.25) is 0 Å². The van der Waals surface area contributed by atoms with Gasteiger partial charge in [0.15, 0.2) is 0 Å². The van der Waals surface area contributed by atoms with E-state index in [0.29, 0.717) is 0 Å². The Hall–Kier alpha value is -9.90. The second-order valence-corrected chi connectivity index (χ2v) is 20.4. The van der Waals surface area contributed by atoms with Gasteiger partial charge in [0.1, 0.15) is 22.3 Å². The highest BCUT2D eigenvalue weighted by atomic mass is 16.3. The van der Waals surface area contributed by atoms with Crippen LogP contribution in [-0.2, 0) is 0 Å². The highest BCUT2D eigenvalue weighted by Crippen LogP contribution is 2.49. The van der Waals surface area contributed by atoms with E-state index < -0.39 is 0 Å². The lowest BCUT2D eigenvalue weighted by molar-refractivity contribution is 0.669. The average molecular weight is 939 g/mol. The summed E-state index contributed by atoms with van der Waals surface area (Å²) in [6.45, 7) is 0. The van der Waals surface area contributed by atoms with E-state index in [1.165, 1.54) is 120 Å². The summed E-state index contributed by atoms with van der Waals surface area (Å²) in [6, 6.07) is 85.1. The third-order valence-electron chi connectivity index (χ3n) is 16.5. The van der Waals surface area contributed by atoms with Crippen molar-refractivity contribution < 1.29 is 8.83 Å². The summed E-state index contributed by atoms with van der Waals surface area (Å²) >= 11 is 0. The fourth-order valence-corrected chi connectivity index (χ4v) is 13.0. The number of furan rings is 2. The number of hydrogen-bond acceptors (Lipinski definition) is 2. The Labute approximate surface area is 421 Å². The van der Waals surface area contributed by atoms with E-state index in [1.54, 1.807) is 0 Å². The molecule has 0 atom stereocenters. The van der Waals surface area contributed by atoms with Crippen LogP contribution in [0.5, 0.6) is 0 Å². The van der Waals surface area contributed by atoms with E-state index in [4.69, 9.17) is 8.83 Å². The van der Waals surface area contributed by atoms with Crippen molar-refractivity contribution in [3.05, 3.63) is 231 Å². The third-order valence-corrected chi connectivity index (χ3v) is 16.5. The second kappa shape index (κ2) is 13.9. The van der Waals surface area contributed by atoms with Crippen LogP contribution in [0.1, 0.15) is 0 Å². The molecule has 74 heavy (non-hydrogen) atoms. The molecule has 0 aliphatic carbocycles. The minimum atomic E-state index is 0.902. The lowest BCUT2D eigenvalue weighted by Gasteiger charge is -2.10. The molecule has 18 rings (SSSR count).